The number of rotatable bonds is 9. The molecular formula is C17H20BrNO2. The zero-order valence-corrected chi connectivity index (χ0v) is 13.5. The smallest absolute Gasteiger partial charge is 0.119 e. The summed E-state index contributed by atoms with van der Waals surface area (Å²) < 4.78 is 12.3. The van der Waals surface area contributed by atoms with Crippen molar-refractivity contribution >= 4 is 15.9 Å². The van der Waals surface area contributed by atoms with Crippen LogP contribution in [0.5, 0.6) is 11.5 Å². The van der Waals surface area contributed by atoms with Crippen LogP contribution in [0.2, 0.25) is 0 Å². The Kier molecular flexibility index (Phi) is 7.12. The molecule has 4 heteroatoms. The largest absolute Gasteiger partial charge is 0.494 e. The maximum absolute atomic E-state index is 5.62. The van der Waals surface area contributed by atoms with Gasteiger partial charge in [0.05, 0.1) is 6.61 Å². The van der Waals surface area contributed by atoms with Crippen molar-refractivity contribution in [3.8, 4) is 11.5 Å². The highest BCUT2D eigenvalue weighted by Crippen LogP contribution is 2.15. The SMILES string of the molecule is Brc1ccc(OCCNCCCOc2ccccc2)cc1. The van der Waals surface area contributed by atoms with Crippen LogP contribution in [0.15, 0.2) is 59.1 Å². The molecule has 0 aliphatic carbocycles. The number of hydrogen-bond donors (Lipinski definition) is 1. The van der Waals surface area contributed by atoms with Gasteiger partial charge in [0.25, 0.3) is 0 Å². The zero-order chi connectivity index (χ0) is 14.8. The van der Waals surface area contributed by atoms with Gasteiger partial charge >= 0.3 is 0 Å². The third kappa shape index (κ3) is 6.65. The number of para-hydroxylation sites is 1. The normalized spacial score (nSPS) is 10.3. The standard InChI is InChI=1S/C17H20BrNO2/c18-15-7-9-17(10-8-15)21-14-12-19-11-4-13-20-16-5-2-1-3-6-16/h1-3,5-10,19H,4,11-14H2. The van der Waals surface area contributed by atoms with Crippen LogP contribution in [0.1, 0.15) is 6.42 Å². The number of hydrogen-bond acceptors (Lipinski definition) is 3. The summed E-state index contributed by atoms with van der Waals surface area (Å²) in [5.74, 6) is 1.82. The Morgan fingerprint density at radius 1 is 0.762 bits per heavy atom. The summed E-state index contributed by atoms with van der Waals surface area (Å²) >= 11 is 3.40. The lowest BCUT2D eigenvalue weighted by molar-refractivity contribution is 0.294. The molecule has 0 fully saturated rings. The van der Waals surface area contributed by atoms with Crippen molar-refractivity contribution in [3.63, 3.8) is 0 Å². The molecule has 21 heavy (non-hydrogen) atoms. The molecule has 0 spiro atoms. The summed E-state index contributed by atoms with van der Waals surface area (Å²) in [6.07, 6.45) is 0.979. The van der Waals surface area contributed by atoms with E-state index in [1.807, 2.05) is 54.6 Å². The fourth-order valence-electron chi connectivity index (χ4n) is 1.80. The third-order valence-corrected chi connectivity index (χ3v) is 3.40. The predicted octanol–water partition coefficient (Wildman–Crippen LogP) is 3.89. The van der Waals surface area contributed by atoms with Crippen molar-refractivity contribution in [3.05, 3.63) is 59.1 Å². The van der Waals surface area contributed by atoms with E-state index in [2.05, 4.69) is 21.2 Å². The van der Waals surface area contributed by atoms with Gasteiger partial charge in [-0.15, -0.1) is 0 Å². The minimum absolute atomic E-state index is 0.668. The van der Waals surface area contributed by atoms with Crippen molar-refractivity contribution in [1.82, 2.24) is 5.32 Å². The van der Waals surface area contributed by atoms with Gasteiger partial charge in [-0.3, -0.25) is 0 Å². The molecule has 0 bridgehead atoms. The highest BCUT2D eigenvalue weighted by molar-refractivity contribution is 9.10. The van der Waals surface area contributed by atoms with Crippen molar-refractivity contribution in [2.75, 3.05) is 26.3 Å². The Morgan fingerprint density at radius 2 is 1.43 bits per heavy atom. The number of benzene rings is 2. The molecule has 112 valence electrons. The maximum Gasteiger partial charge on any atom is 0.119 e. The zero-order valence-electron chi connectivity index (χ0n) is 11.9. The van der Waals surface area contributed by atoms with Gasteiger partial charge in [-0.05, 0) is 49.4 Å². The summed E-state index contributed by atoms with van der Waals surface area (Å²) in [5, 5.41) is 3.34. The van der Waals surface area contributed by atoms with Gasteiger partial charge in [0.1, 0.15) is 18.1 Å². The Morgan fingerprint density at radius 3 is 2.19 bits per heavy atom. The molecular weight excluding hydrogens is 330 g/mol. The minimum atomic E-state index is 0.668. The van der Waals surface area contributed by atoms with E-state index in [0.717, 1.165) is 42.1 Å². The van der Waals surface area contributed by atoms with Crippen LogP contribution >= 0.6 is 15.9 Å². The molecule has 3 nitrogen and oxygen atoms in total. The van der Waals surface area contributed by atoms with E-state index in [0.29, 0.717) is 6.61 Å². The lowest BCUT2D eigenvalue weighted by Gasteiger charge is -2.08. The molecule has 0 aromatic heterocycles. The van der Waals surface area contributed by atoms with Crippen LogP contribution in [-0.4, -0.2) is 26.3 Å². The molecule has 1 N–H and O–H groups in total. The highest BCUT2D eigenvalue weighted by Gasteiger charge is 1.94. The average Bonchev–Trinajstić information content (AvgIpc) is 2.53. The molecule has 0 saturated carbocycles. The van der Waals surface area contributed by atoms with E-state index in [1.165, 1.54) is 0 Å². The van der Waals surface area contributed by atoms with Crippen LogP contribution < -0.4 is 14.8 Å². The summed E-state index contributed by atoms with van der Waals surface area (Å²) in [6.45, 7) is 3.16. The van der Waals surface area contributed by atoms with Gasteiger partial charge in [-0.25, -0.2) is 0 Å². The topological polar surface area (TPSA) is 30.5 Å². The lowest BCUT2D eigenvalue weighted by atomic mass is 10.3. The third-order valence-electron chi connectivity index (χ3n) is 2.87. The summed E-state index contributed by atoms with van der Waals surface area (Å²) in [5.41, 5.74) is 0. The molecule has 2 rings (SSSR count). The molecule has 2 aromatic carbocycles. The Hall–Kier alpha value is -1.52. The number of nitrogens with one attached hydrogen (secondary N) is 1. The molecule has 0 amide bonds. The van der Waals surface area contributed by atoms with Gasteiger partial charge < -0.3 is 14.8 Å². The van der Waals surface area contributed by atoms with Crippen LogP contribution in [0.3, 0.4) is 0 Å². The van der Waals surface area contributed by atoms with Gasteiger partial charge in [-0.2, -0.15) is 0 Å². The molecule has 0 unspecified atom stereocenters. The fraction of sp³-hybridized carbons (Fsp3) is 0.294. The van der Waals surface area contributed by atoms with Crippen LogP contribution in [0.4, 0.5) is 0 Å². The van der Waals surface area contributed by atoms with Crippen molar-refractivity contribution in [2.24, 2.45) is 0 Å². The van der Waals surface area contributed by atoms with E-state index >= 15 is 0 Å². The Labute approximate surface area is 134 Å². The summed E-state index contributed by atoms with van der Waals surface area (Å²) in [4.78, 5) is 0. The second-order valence-corrected chi connectivity index (χ2v) is 5.48. The van der Waals surface area contributed by atoms with E-state index in [9.17, 15) is 0 Å². The van der Waals surface area contributed by atoms with E-state index < -0.39 is 0 Å². The van der Waals surface area contributed by atoms with Crippen molar-refractivity contribution < 1.29 is 9.47 Å². The van der Waals surface area contributed by atoms with Crippen LogP contribution in [0.25, 0.3) is 0 Å². The predicted molar refractivity (Wildman–Crippen MR) is 89.1 cm³/mol. The molecule has 0 saturated heterocycles. The average molecular weight is 350 g/mol. The van der Waals surface area contributed by atoms with Gasteiger partial charge in [0.15, 0.2) is 0 Å². The van der Waals surface area contributed by atoms with Gasteiger partial charge in [0, 0.05) is 11.0 Å². The molecule has 0 heterocycles. The first-order chi connectivity index (χ1) is 10.3. The van der Waals surface area contributed by atoms with Crippen LogP contribution in [-0.2, 0) is 0 Å². The first-order valence-electron chi connectivity index (χ1n) is 7.11. The van der Waals surface area contributed by atoms with E-state index in [4.69, 9.17) is 9.47 Å². The first-order valence-corrected chi connectivity index (χ1v) is 7.91. The van der Waals surface area contributed by atoms with Crippen molar-refractivity contribution in [2.45, 2.75) is 6.42 Å². The van der Waals surface area contributed by atoms with Gasteiger partial charge in [0.2, 0.25) is 0 Å². The fourth-order valence-corrected chi connectivity index (χ4v) is 2.07. The second kappa shape index (κ2) is 9.42. The maximum atomic E-state index is 5.62. The van der Waals surface area contributed by atoms with Gasteiger partial charge in [-0.1, -0.05) is 34.1 Å². The summed E-state index contributed by atoms with van der Waals surface area (Å²) in [7, 11) is 0. The number of ether oxygens (including phenoxy) is 2. The van der Waals surface area contributed by atoms with Crippen molar-refractivity contribution in [1.29, 1.82) is 0 Å². The minimum Gasteiger partial charge on any atom is -0.494 e. The highest BCUT2D eigenvalue weighted by atomic mass is 79.9. The van der Waals surface area contributed by atoms with E-state index in [-0.39, 0.29) is 0 Å². The quantitative estimate of drug-likeness (QED) is 0.696. The monoisotopic (exact) mass is 349 g/mol. The Bertz CT molecular complexity index is 502. The molecule has 0 atom stereocenters. The summed E-state index contributed by atoms with van der Waals surface area (Å²) in [6, 6.07) is 17.8. The van der Waals surface area contributed by atoms with Crippen LogP contribution in [0, 0.1) is 0 Å². The van der Waals surface area contributed by atoms with E-state index in [1.54, 1.807) is 0 Å². The molecule has 0 aliphatic rings. The first kappa shape index (κ1) is 15.9. The molecule has 0 aliphatic heterocycles. The lowest BCUT2D eigenvalue weighted by Crippen LogP contribution is -2.23. The Balaban J connectivity index is 1.46. The number of halogens is 1. The second-order valence-electron chi connectivity index (χ2n) is 4.57. The molecule has 2 aromatic rings. The molecule has 0 radical (unpaired) electrons.